The third kappa shape index (κ3) is 4.32. The topological polar surface area (TPSA) is 49.8 Å². The molecule has 0 unspecified atom stereocenters. The van der Waals surface area contributed by atoms with Gasteiger partial charge in [0.2, 0.25) is 0 Å². The Morgan fingerprint density at radius 2 is 1.71 bits per heavy atom. The van der Waals surface area contributed by atoms with Crippen LogP contribution in [0.3, 0.4) is 0 Å². The summed E-state index contributed by atoms with van der Waals surface area (Å²) in [7, 11) is 1.90. The summed E-state index contributed by atoms with van der Waals surface area (Å²) >= 11 is 0. The third-order valence-electron chi connectivity index (χ3n) is 4.41. The van der Waals surface area contributed by atoms with Crippen molar-refractivity contribution in [1.82, 2.24) is 9.97 Å². The van der Waals surface area contributed by atoms with E-state index in [0.717, 1.165) is 24.0 Å². The third-order valence-corrected chi connectivity index (χ3v) is 4.41. The van der Waals surface area contributed by atoms with Crippen LogP contribution in [0.15, 0.2) is 6.07 Å². The van der Waals surface area contributed by atoms with Crippen molar-refractivity contribution in [3.63, 3.8) is 0 Å². The molecule has 0 spiro atoms. The van der Waals surface area contributed by atoms with Gasteiger partial charge < -0.3 is 10.6 Å². The number of nitrogens with zero attached hydrogens (tertiary/aromatic N) is 2. The monoisotopic (exact) mass is 290 g/mol. The molecule has 4 heteroatoms. The zero-order chi connectivity index (χ0) is 15.5. The van der Waals surface area contributed by atoms with Gasteiger partial charge in [-0.25, -0.2) is 9.97 Å². The van der Waals surface area contributed by atoms with Crippen LogP contribution in [0, 0.1) is 5.41 Å². The molecule has 0 bridgehead atoms. The molecule has 0 aromatic carbocycles. The van der Waals surface area contributed by atoms with Crippen LogP contribution in [0.5, 0.6) is 0 Å². The summed E-state index contributed by atoms with van der Waals surface area (Å²) in [5, 5.41) is 6.69. The summed E-state index contributed by atoms with van der Waals surface area (Å²) in [4.78, 5) is 9.28. The van der Waals surface area contributed by atoms with E-state index in [0.29, 0.717) is 5.41 Å². The molecule has 4 nitrogen and oxygen atoms in total. The fourth-order valence-corrected chi connectivity index (χ4v) is 2.89. The van der Waals surface area contributed by atoms with Gasteiger partial charge in [0, 0.05) is 25.1 Å². The standard InChI is InChI=1S/C17H30N4/c1-16(2,3)15-20-13(18-5)11-14(21-15)19-12-17(4)9-7-6-8-10-17/h11H,6-10,12H2,1-5H3,(H2,18,19,20,21). The first kappa shape index (κ1) is 16.1. The first-order valence-corrected chi connectivity index (χ1v) is 8.14. The van der Waals surface area contributed by atoms with Crippen molar-refractivity contribution in [2.45, 2.75) is 65.2 Å². The summed E-state index contributed by atoms with van der Waals surface area (Å²) in [6.45, 7) is 9.83. The number of nitrogens with one attached hydrogen (secondary N) is 2. The maximum absolute atomic E-state index is 4.71. The van der Waals surface area contributed by atoms with Gasteiger partial charge in [-0.15, -0.1) is 0 Å². The van der Waals surface area contributed by atoms with Gasteiger partial charge in [0.1, 0.15) is 17.5 Å². The van der Waals surface area contributed by atoms with Crippen LogP contribution in [0.2, 0.25) is 0 Å². The van der Waals surface area contributed by atoms with Gasteiger partial charge in [-0.3, -0.25) is 0 Å². The Morgan fingerprint density at radius 3 is 2.29 bits per heavy atom. The Bertz CT molecular complexity index is 470. The molecule has 1 aliphatic carbocycles. The first-order valence-electron chi connectivity index (χ1n) is 8.14. The summed E-state index contributed by atoms with van der Waals surface area (Å²) in [5.41, 5.74) is 0.364. The summed E-state index contributed by atoms with van der Waals surface area (Å²) in [6.07, 6.45) is 6.74. The average molecular weight is 290 g/mol. The van der Waals surface area contributed by atoms with Crippen molar-refractivity contribution < 1.29 is 0 Å². The molecule has 1 aliphatic rings. The number of rotatable bonds is 4. The summed E-state index contributed by atoms with van der Waals surface area (Å²) < 4.78 is 0. The number of hydrogen-bond donors (Lipinski definition) is 2. The minimum absolute atomic E-state index is 0.0436. The SMILES string of the molecule is CNc1cc(NCC2(C)CCCCC2)nc(C(C)(C)C)n1. The van der Waals surface area contributed by atoms with Crippen LogP contribution in [0.25, 0.3) is 0 Å². The van der Waals surface area contributed by atoms with Crippen LogP contribution in [0.4, 0.5) is 11.6 Å². The molecular weight excluding hydrogens is 260 g/mol. The molecule has 118 valence electrons. The Kier molecular flexibility index (Phi) is 4.74. The summed E-state index contributed by atoms with van der Waals surface area (Å²) in [6, 6.07) is 2.00. The molecule has 21 heavy (non-hydrogen) atoms. The zero-order valence-corrected chi connectivity index (χ0v) is 14.2. The normalized spacial score (nSPS) is 18.3. The molecule has 0 radical (unpaired) electrons. The lowest BCUT2D eigenvalue weighted by atomic mass is 9.76. The first-order chi connectivity index (χ1) is 9.82. The molecule has 2 N–H and O–H groups in total. The van der Waals surface area contributed by atoms with Gasteiger partial charge in [-0.05, 0) is 18.3 Å². The number of hydrogen-bond acceptors (Lipinski definition) is 4. The molecule has 1 fully saturated rings. The van der Waals surface area contributed by atoms with E-state index < -0.39 is 0 Å². The fraction of sp³-hybridized carbons (Fsp3) is 0.765. The van der Waals surface area contributed by atoms with Crippen molar-refractivity contribution in [3.8, 4) is 0 Å². The fourth-order valence-electron chi connectivity index (χ4n) is 2.89. The molecule has 0 saturated heterocycles. The maximum Gasteiger partial charge on any atom is 0.138 e. The Morgan fingerprint density at radius 1 is 1.10 bits per heavy atom. The van der Waals surface area contributed by atoms with Gasteiger partial charge >= 0.3 is 0 Å². The van der Waals surface area contributed by atoms with E-state index in [1.165, 1.54) is 32.1 Å². The van der Waals surface area contributed by atoms with E-state index in [9.17, 15) is 0 Å². The molecule has 2 rings (SSSR count). The van der Waals surface area contributed by atoms with Crippen LogP contribution in [0.1, 0.15) is 65.6 Å². The van der Waals surface area contributed by atoms with Crippen molar-refractivity contribution in [2.24, 2.45) is 5.41 Å². The highest BCUT2D eigenvalue weighted by molar-refractivity contribution is 5.48. The highest BCUT2D eigenvalue weighted by atomic mass is 15.1. The highest BCUT2D eigenvalue weighted by Gasteiger charge is 2.27. The lowest BCUT2D eigenvalue weighted by Gasteiger charge is -2.34. The van der Waals surface area contributed by atoms with Crippen molar-refractivity contribution in [3.05, 3.63) is 11.9 Å². The lowest BCUT2D eigenvalue weighted by molar-refractivity contribution is 0.233. The molecule has 1 aromatic rings. The Hall–Kier alpha value is -1.32. The van der Waals surface area contributed by atoms with E-state index in [4.69, 9.17) is 4.98 Å². The molecule has 0 atom stereocenters. The van der Waals surface area contributed by atoms with E-state index in [-0.39, 0.29) is 5.41 Å². The van der Waals surface area contributed by atoms with E-state index in [1.54, 1.807) is 0 Å². The lowest BCUT2D eigenvalue weighted by Crippen LogP contribution is -2.29. The van der Waals surface area contributed by atoms with Gasteiger partial charge in [0.15, 0.2) is 0 Å². The van der Waals surface area contributed by atoms with Gasteiger partial charge in [-0.2, -0.15) is 0 Å². The predicted molar refractivity (Wildman–Crippen MR) is 90.0 cm³/mol. The second-order valence-electron chi connectivity index (χ2n) is 7.69. The van der Waals surface area contributed by atoms with E-state index in [2.05, 4.69) is 43.3 Å². The zero-order valence-electron chi connectivity index (χ0n) is 14.2. The number of anilines is 2. The molecule has 0 amide bonds. The molecule has 1 saturated carbocycles. The summed E-state index contributed by atoms with van der Waals surface area (Å²) in [5.74, 6) is 2.70. The largest absolute Gasteiger partial charge is 0.373 e. The quantitative estimate of drug-likeness (QED) is 0.872. The van der Waals surface area contributed by atoms with Crippen molar-refractivity contribution >= 4 is 11.6 Å². The Labute approximate surface area is 129 Å². The maximum atomic E-state index is 4.71. The smallest absolute Gasteiger partial charge is 0.138 e. The Balaban J connectivity index is 2.12. The van der Waals surface area contributed by atoms with Crippen LogP contribution in [-0.4, -0.2) is 23.6 Å². The van der Waals surface area contributed by atoms with Gasteiger partial charge in [0.25, 0.3) is 0 Å². The van der Waals surface area contributed by atoms with Crippen molar-refractivity contribution in [1.29, 1.82) is 0 Å². The second kappa shape index (κ2) is 6.20. The molecule has 1 heterocycles. The minimum Gasteiger partial charge on any atom is -0.373 e. The number of aromatic nitrogens is 2. The molecular formula is C17H30N4. The van der Waals surface area contributed by atoms with Crippen LogP contribution in [-0.2, 0) is 5.41 Å². The predicted octanol–water partition coefficient (Wildman–Crippen LogP) is 4.20. The van der Waals surface area contributed by atoms with E-state index in [1.807, 2.05) is 13.1 Å². The average Bonchev–Trinajstić information content (AvgIpc) is 2.45. The van der Waals surface area contributed by atoms with Gasteiger partial charge in [-0.1, -0.05) is 47.0 Å². The highest BCUT2D eigenvalue weighted by Crippen LogP contribution is 2.35. The van der Waals surface area contributed by atoms with Crippen molar-refractivity contribution in [2.75, 3.05) is 24.2 Å². The second-order valence-corrected chi connectivity index (χ2v) is 7.69. The minimum atomic E-state index is -0.0436. The molecule has 0 aliphatic heterocycles. The van der Waals surface area contributed by atoms with Crippen LogP contribution < -0.4 is 10.6 Å². The van der Waals surface area contributed by atoms with Crippen LogP contribution >= 0.6 is 0 Å². The van der Waals surface area contributed by atoms with E-state index >= 15 is 0 Å². The van der Waals surface area contributed by atoms with Gasteiger partial charge in [0.05, 0.1) is 0 Å². The molecule has 1 aromatic heterocycles.